The highest BCUT2D eigenvalue weighted by atomic mass is 16.5. The Morgan fingerprint density at radius 3 is 2.83 bits per heavy atom. The van der Waals surface area contributed by atoms with Crippen LogP contribution in [0.15, 0.2) is 54.7 Å². The molecule has 0 spiro atoms. The van der Waals surface area contributed by atoms with Crippen LogP contribution in [0.25, 0.3) is 10.9 Å². The normalized spacial score (nSPS) is 17.8. The first kappa shape index (κ1) is 19.5. The van der Waals surface area contributed by atoms with Gasteiger partial charge < -0.3 is 25.1 Å². The molecule has 2 atom stereocenters. The van der Waals surface area contributed by atoms with Crippen LogP contribution in [-0.4, -0.2) is 50.3 Å². The summed E-state index contributed by atoms with van der Waals surface area (Å²) >= 11 is 0. The topological polar surface area (TPSA) is 75.4 Å². The van der Waals surface area contributed by atoms with Crippen molar-refractivity contribution in [2.45, 2.75) is 18.4 Å². The van der Waals surface area contributed by atoms with E-state index in [1.165, 1.54) is 10.9 Å². The lowest BCUT2D eigenvalue weighted by Gasteiger charge is -2.24. The average Bonchev–Trinajstić information content (AvgIpc) is 3.19. The summed E-state index contributed by atoms with van der Waals surface area (Å²) in [6, 6.07) is 16.4. The highest BCUT2D eigenvalue weighted by Gasteiger charge is 2.21. The quantitative estimate of drug-likeness (QED) is 0.577. The maximum atomic E-state index is 12.5. The van der Waals surface area contributed by atoms with Gasteiger partial charge in [-0.05, 0) is 29.3 Å². The minimum absolute atomic E-state index is 0.0337. The lowest BCUT2D eigenvalue weighted by Crippen LogP contribution is -2.44. The number of nitrogens with one attached hydrogen (secondary N) is 3. The van der Waals surface area contributed by atoms with Crippen LogP contribution >= 0.6 is 0 Å². The van der Waals surface area contributed by atoms with Crippen LogP contribution in [0, 0.1) is 0 Å². The third kappa shape index (κ3) is 4.60. The van der Waals surface area contributed by atoms with Crippen LogP contribution in [0.2, 0.25) is 0 Å². The van der Waals surface area contributed by atoms with Crippen LogP contribution < -0.4 is 15.4 Å². The first-order chi connectivity index (χ1) is 14.2. The second kappa shape index (κ2) is 9.11. The van der Waals surface area contributed by atoms with E-state index in [0.29, 0.717) is 26.2 Å². The highest BCUT2D eigenvalue weighted by molar-refractivity contribution is 5.84. The predicted octanol–water partition coefficient (Wildman–Crippen LogP) is 2.80. The zero-order valence-corrected chi connectivity index (χ0v) is 16.6. The predicted molar refractivity (Wildman–Crippen MR) is 113 cm³/mol. The van der Waals surface area contributed by atoms with Crippen LogP contribution in [0.1, 0.15) is 23.5 Å². The van der Waals surface area contributed by atoms with Crippen LogP contribution in [0.4, 0.5) is 0 Å². The second-order valence-corrected chi connectivity index (χ2v) is 7.35. The number of fused-ring (bicyclic) bond motifs is 1. The Hall–Kier alpha value is -2.83. The molecule has 1 fully saturated rings. The molecule has 3 N–H and O–H groups in total. The number of aromatic nitrogens is 1. The highest BCUT2D eigenvalue weighted by Crippen LogP contribution is 2.31. The number of morpholine rings is 1. The standard InChI is InChI=1S/C23H27N3O3/c1-28-18-8-6-16(7-9-18)20(21-14-25-22-5-3-2-4-19(21)22)13-26-23(27)12-17-15-29-11-10-24-17/h2-9,14,17,20,24-25H,10-13,15H2,1H3,(H,26,27). The first-order valence-corrected chi connectivity index (χ1v) is 10.0. The zero-order valence-electron chi connectivity index (χ0n) is 16.6. The van der Waals surface area contributed by atoms with Crippen molar-refractivity contribution in [3.05, 3.63) is 65.9 Å². The summed E-state index contributed by atoms with van der Waals surface area (Å²) in [5.74, 6) is 0.891. The molecule has 152 valence electrons. The minimum Gasteiger partial charge on any atom is -0.497 e. The van der Waals surface area contributed by atoms with Crippen molar-refractivity contribution in [2.75, 3.05) is 33.4 Å². The molecule has 29 heavy (non-hydrogen) atoms. The summed E-state index contributed by atoms with van der Waals surface area (Å²) in [4.78, 5) is 15.9. The number of H-pyrrole nitrogens is 1. The van der Waals surface area contributed by atoms with E-state index in [-0.39, 0.29) is 17.9 Å². The number of methoxy groups -OCH3 is 1. The summed E-state index contributed by atoms with van der Waals surface area (Å²) in [6.07, 6.45) is 2.46. The fourth-order valence-corrected chi connectivity index (χ4v) is 3.89. The Balaban J connectivity index is 1.54. The number of carbonyl (C=O) groups excluding carboxylic acids is 1. The smallest absolute Gasteiger partial charge is 0.221 e. The minimum atomic E-state index is 0.0337. The number of carbonyl (C=O) groups is 1. The number of aromatic amines is 1. The number of hydrogen-bond acceptors (Lipinski definition) is 4. The van der Waals surface area contributed by atoms with Gasteiger partial charge in [-0.15, -0.1) is 0 Å². The number of hydrogen-bond donors (Lipinski definition) is 3. The SMILES string of the molecule is COc1ccc(C(CNC(=O)CC2COCCN2)c2c[nH]c3ccccc23)cc1. The van der Waals surface area contributed by atoms with Gasteiger partial charge in [0.25, 0.3) is 0 Å². The van der Waals surface area contributed by atoms with Gasteiger partial charge in [-0.2, -0.15) is 0 Å². The van der Waals surface area contributed by atoms with Crippen molar-refractivity contribution in [3.8, 4) is 5.75 Å². The lowest BCUT2D eigenvalue weighted by molar-refractivity contribution is -0.122. The summed E-state index contributed by atoms with van der Waals surface area (Å²) in [5, 5.41) is 7.63. The summed E-state index contributed by atoms with van der Waals surface area (Å²) < 4.78 is 10.7. The monoisotopic (exact) mass is 393 g/mol. The van der Waals surface area contributed by atoms with Crippen LogP contribution in [-0.2, 0) is 9.53 Å². The molecule has 2 aromatic carbocycles. The Morgan fingerprint density at radius 1 is 1.24 bits per heavy atom. The van der Waals surface area contributed by atoms with E-state index in [0.717, 1.165) is 23.4 Å². The molecule has 1 aromatic heterocycles. The average molecular weight is 393 g/mol. The van der Waals surface area contributed by atoms with E-state index < -0.39 is 0 Å². The molecule has 6 heteroatoms. The van der Waals surface area contributed by atoms with Gasteiger partial charge in [0, 0.05) is 48.6 Å². The van der Waals surface area contributed by atoms with E-state index in [2.05, 4.69) is 39.9 Å². The van der Waals surface area contributed by atoms with Crippen molar-refractivity contribution in [3.63, 3.8) is 0 Å². The molecule has 2 heterocycles. The third-order valence-corrected chi connectivity index (χ3v) is 5.45. The molecule has 2 unspecified atom stereocenters. The molecule has 1 amide bonds. The van der Waals surface area contributed by atoms with Crippen molar-refractivity contribution >= 4 is 16.8 Å². The summed E-state index contributed by atoms with van der Waals surface area (Å²) in [5.41, 5.74) is 3.40. The number of benzene rings is 2. The molecule has 4 rings (SSSR count). The fourth-order valence-electron chi connectivity index (χ4n) is 3.89. The van der Waals surface area contributed by atoms with Gasteiger partial charge in [0.05, 0.1) is 20.3 Å². The number of ether oxygens (including phenoxy) is 2. The molecule has 0 saturated carbocycles. The van der Waals surface area contributed by atoms with Crippen molar-refractivity contribution in [1.29, 1.82) is 0 Å². The van der Waals surface area contributed by atoms with Crippen LogP contribution in [0.3, 0.4) is 0 Å². The number of rotatable bonds is 7. The van der Waals surface area contributed by atoms with E-state index in [1.54, 1.807) is 7.11 Å². The van der Waals surface area contributed by atoms with Gasteiger partial charge in [0.2, 0.25) is 5.91 Å². The Bertz CT molecular complexity index is 945. The molecule has 3 aromatic rings. The molecule has 6 nitrogen and oxygen atoms in total. The first-order valence-electron chi connectivity index (χ1n) is 10.0. The van der Waals surface area contributed by atoms with Gasteiger partial charge in [0.15, 0.2) is 0 Å². The molecule has 0 bridgehead atoms. The van der Waals surface area contributed by atoms with Gasteiger partial charge in [-0.3, -0.25) is 4.79 Å². The Labute approximate surface area is 170 Å². The lowest BCUT2D eigenvalue weighted by atomic mass is 9.90. The summed E-state index contributed by atoms with van der Waals surface area (Å²) in [7, 11) is 1.66. The maximum Gasteiger partial charge on any atom is 0.221 e. The fraction of sp³-hybridized carbons (Fsp3) is 0.348. The van der Waals surface area contributed by atoms with Gasteiger partial charge in [-0.25, -0.2) is 0 Å². The van der Waals surface area contributed by atoms with Crippen molar-refractivity contribution in [2.24, 2.45) is 0 Å². The van der Waals surface area contributed by atoms with E-state index in [4.69, 9.17) is 9.47 Å². The zero-order chi connectivity index (χ0) is 20.1. The van der Waals surface area contributed by atoms with Crippen molar-refractivity contribution < 1.29 is 14.3 Å². The molecule has 0 aliphatic carbocycles. The molecule has 0 radical (unpaired) electrons. The molecule has 1 aliphatic heterocycles. The van der Waals surface area contributed by atoms with Crippen molar-refractivity contribution in [1.82, 2.24) is 15.6 Å². The molecule has 1 aliphatic rings. The van der Waals surface area contributed by atoms with Gasteiger partial charge in [0.1, 0.15) is 5.75 Å². The Kier molecular flexibility index (Phi) is 6.12. The largest absolute Gasteiger partial charge is 0.497 e. The van der Waals surface area contributed by atoms with E-state index in [1.807, 2.05) is 30.5 Å². The van der Waals surface area contributed by atoms with Crippen LogP contribution in [0.5, 0.6) is 5.75 Å². The second-order valence-electron chi connectivity index (χ2n) is 7.35. The molecular formula is C23H27N3O3. The van der Waals surface area contributed by atoms with E-state index in [9.17, 15) is 4.79 Å². The maximum absolute atomic E-state index is 12.5. The van der Waals surface area contributed by atoms with Gasteiger partial charge >= 0.3 is 0 Å². The molecule has 1 saturated heterocycles. The molecular weight excluding hydrogens is 366 g/mol. The Morgan fingerprint density at radius 2 is 2.07 bits per heavy atom. The third-order valence-electron chi connectivity index (χ3n) is 5.45. The van der Waals surface area contributed by atoms with Gasteiger partial charge in [-0.1, -0.05) is 30.3 Å². The summed E-state index contributed by atoms with van der Waals surface area (Å²) in [6.45, 7) is 2.61. The number of para-hydroxylation sites is 1. The van der Waals surface area contributed by atoms with E-state index >= 15 is 0 Å². The number of amides is 1.